The average Bonchev–Trinajstić information content (AvgIpc) is 3.28. The summed E-state index contributed by atoms with van der Waals surface area (Å²) in [5.74, 6) is -0.104. The summed E-state index contributed by atoms with van der Waals surface area (Å²) in [6.07, 6.45) is 5.38. The number of carbonyl (C=O) groups is 2. The van der Waals surface area contributed by atoms with Gasteiger partial charge in [0.1, 0.15) is 11.7 Å². The van der Waals surface area contributed by atoms with E-state index in [2.05, 4.69) is 28.1 Å². The van der Waals surface area contributed by atoms with Crippen molar-refractivity contribution in [3.63, 3.8) is 0 Å². The highest BCUT2D eigenvalue weighted by atomic mass is 16.2. The Morgan fingerprint density at radius 3 is 2.43 bits per heavy atom. The number of nitrogens with one attached hydrogen (secondary N) is 1. The second-order valence-electron chi connectivity index (χ2n) is 8.37. The topological polar surface area (TPSA) is 54.3 Å². The highest BCUT2D eigenvalue weighted by Crippen LogP contribution is 2.44. The SMILES string of the molecule is CNC(=O)C1c2c(n(Cc3ccccc3)c3ccccc23)C(=O)N1C1CCCCC1. The summed E-state index contributed by atoms with van der Waals surface area (Å²) < 4.78 is 2.11. The van der Waals surface area contributed by atoms with Gasteiger partial charge in [0.2, 0.25) is 5.91 Å². The van der Waals surface area contributed by atoms with E-state index in [4.69, 9.17) is 0 Å². The van der Waals surface area contributed by atoms with Crippen LogP contribution in [0.2, 0.25) is 0 Å². The molecule has 0 spiro atoms. The molecule has 5 nitrogen and oxygen atoms in total. The zero-order chi connectivity index (χ0) is 20.7. The minimum absolute atomic E-state index is 0.00219. The van der Waals surface area contributed by atoms with Crippen molar-refractivity contribution in [1.29, 1.82) is 0 Å². The normalized spacial score (nSPS) is 19.3. The van der Waals surface area contributed by atoms with Crippen LogP contribution in [0.1, 0.15) is 59.8 Å². The van der Waals surface area contributed by atoms with Gasteiger partial charge in [-0.1, -0.05) is 67.8 Å². The van der Waals surface area contributed by atoms with Gasteiger partial charge in [-0.3, -0.25) is 9.59 Å². The molecule has 0 radical (unpaired) electrons. The largest absolute Gasteiger partial charge is 0.357 e. The van der Waals surface area contributed by atoms with Gasteiger partial charge in [-0.05, 0) is 24.5 Å². The Balaban J connectivity index is 1.69. The fourth-order valence-electron chi connectivity index (χ4n) is 5.28. The van der Waals surface area contributed by atoms with Crippen LogP contribution in [0.5, 0.6) is 0 Å². The molecule has 2 aliphatic rings. The van der Waals surface area contributed by atoms with E-state index in [1.807, 2.05) is 41.3 Å². The smallest absolute Gasteiger partial charge is 0.272 e. The third-order valence-corrected chi connectivity index (χ3v) is 6.65. The molecule has 2 amide bonds. The van der Waals surface area contributed by atoms with Crippen LogP contribution < -0.4 is 5.32 Å². The number of hydrogen-bond acceptors (Lipinski definition) is 2. The molecule has 5 heteroatoms. The summed E-state index contributed by atoms with van der Waals surface area (Å²) in [4.78, 5) is 28.8. The summed E-state index contributed by atoms with van der Waals surface area (Å²) in [6, 6.07) is 17.9. The number of amides is 2. The number of para-hydroxylation sites is 1. The highest BCUT2D eigenvalue weighted by Gasteiger charge is 2.47. The Labute approximate surface area is 176 Å². The Morgan fingerprint density at radius 2 is 1.70 bits per heavy atom. The van der Waals surface area contributed by atoms with E-state index < -0.39 is 6.04 Å². The Kier molecular flexibility index (Phi) is 4.81. The van der Waals surface area contributed by atoms with Crippen molar-refractivity contribution < 1.29 is 9.59 Å². The van der Waals surface area contributed by atoms with Crippen molar-refractivity contribution in [1.82, 2.24) is 14.8 Å². The van der Waals surface area contributed by atoms with Gasteiger partial charge in [0, 0.05) is 36.1 Å². The van der Waals surface area contributed by atoms with Gasteiger partial charge in [0.25, 0.3) is 5.91 Å². The van der Waals surface area contributed by atoms with Crippen LogP contribution in [0.15, 0.2) is 54.6 Å². The first-order chi connectivity index (χ1) is 14.7. The van der Waals surface area contributed by atoms with E-state index in [1.54, 1.807) is 7.05 Å². The molecule has 1 unspecified atom stereocenters. The number of rotatable bonds is 4. The zero-order valence-corrected chi connectivity index (χ0v) is 17.3. The molecule has 1 fully saturated rings. The van der Waals surface area contributed by atoms with Crippen LogP contribution >= 0.6 is 0 Å². The van der Waals surface area contributed by atoms with Crippen molar-refractivity contribution in [2.24, 2.45) is 0 Å². The molecule has 1 aromatic heterocycles. The standard InChI is InChI=1S/C25H27N3O2/c1-26-24(29)22-21-19-14-8-9-15-20(19)27(16-17-10-4-2-5-11-17)23(21)25(30)28(22)18-12-6-3-7-13-18/h2,4-5,8-11,14-15,18,22H,3,6-7,12-13,16H2,1H3,(H,26,29). The molecule has 1 N–H and O–H groups in total. The lowest BCUT2D eigenvalue weighted by Crippen LogP contribution is -2.45. The van der Waals surface area contributed by atoms with Gasteiger partial charge in [-0.2, -0.15) is 0 Å². The molecule has 2 aromatic carbocycles. The maximum atomic E-state index is 13.8. The van der Waals surface area contributed by atoms with E-state index in [0.29, 0.717) is 12.2 Å². The fraction of sp³-hybridized carbons (Fsp3) is 0.360. The number of hydrogen-bond donors (Lipinski definition) is 1. The van der Waals surface area contributed by atoms with Crippen molar-refractivity contribution in [2.75, 3.05) is 7.05 Å². The Morgan fingerprint density at radius 1 is 1.00 bits per heavy atom. The van der Waals surface area contributed by atoms with Gasteiger partial charge in [0.05, 0.1) is 0 Å². The second-order valence-corrected chi connectivity index (χ2v) is 8.37. The van der Waals surface area contributed by atoms with Crippen molar-refractivity contribution >= 4 is 22.7 Å². The molecular formula is C25H27N3O2. The first-order valence-electron chi connectivity index (χ1n) is 10.9. The third kappa shape index (κ3) is 2.92. The molecule has 1 aliphatic heterocycles. The number of fused-ring (bicyclic) bond motifs is 3. The summed E-state index contributed by atoms with van der Waals surface area (Å²) in [5.41, 5.74) is 3.70. The van der Waals surface area contributed by atoms with E-state index in [-0.39, 0.29) is 17.9 Å². The monoisotopic (exact) mass is 401 g/mol. The van der Waals surface area contributed by atoms with Crippen LogP contribution in [-0.4, -0.2) is 34.4 Å². The van der Waals surface area contributed by atoms with Crippen molar-refractivity contribution in [2.45, 2.75) is 50.7 Å². The van der Waals surface area contributed by atoms with Crippen LogP contribution in [0.3, 0.4) is 0 Å². The number of likely N-dealkylation sites (N-methyl/N-ethyl adjacent to an activating group) is 1. The zero-order valence-electron chi connectivity index (χ0n) is 17.3. The molecule has 5 rings (SSSR count). The van der Waals surface area contributed by atoms with E-state index in [9.17, 15) is 9.59 Å². The van der Waals surface area contributed by atoms with Gasteiger partial charge >= 0.3 is 0 Å². The molecule has 2 heterocycles. The molecule has 154 valence electrons. The first-order valence-corrected chi connectivity index (χ1v) is 10.9. The maximum Gasteiger partial charge on any atom is 0.272 e. The summed E-state index contributed by atoms with van der Waals surface area (Å²) in [6.45, 7) is 0.612. The lowest BCUT2D eigenvalue weighted by Gasteiger charge is -2.35. The molecule has 1 atom stereocenters. The number of nitrogens with zero attached hydrogens (tertiary/aromatic N) is 2. The number of carbonyl (C=O) groups excluding carboxylic acids is 2. The minimum Gasteiger partial charge on any atom is -0.357 e. The van der Waals surface area contributed by atoms with Gasteiger partial charge in [0.15, 0.2) is 0 Å². The molecule has 0 bridgehead atoms. The van der Waals surface area contributed by atoms with Gasteiger partial charge < -0.3 is 14.8 Å². The van der Waals surface area contributed by atoms with Crippen LogP contribution in [0.25, 0.3) is 10.9 Å². The summed E-state index contributed by atoms with van der Waals surface area (Å²) in [7, 11) is 1.66. The second kappa shape index (κ2) is 7.63. The molecular weight excluding hydrogens is 374 g/mol. The molecule has 3 aromatic rings. The Hall–Kier alpha value is -3.08. The molecule has 0 saturated heterocycles. The lowest BCUT2D eigenvalue weighted by atomic mass is 9.93. The third-order valence-electron chi connectivity index (χ3n) is 6.65. The fourth-order valence-corrected chi connectivity index (χ4v) is 5.28. The van der Waals surface area contributed by atoms with E-state index in [1.165, 1.54) is 6.42 Å². The number of aromatic nitrogens is 1. The van der Waals surface area contributed by atoms with E-state index >= 15 is 0 Å². The first kappa shape index (κ1) is 18.9. The van der Waals surface area contributed by atoms with Crippen LogP contribution in [0, 0.1) is 0 Å². The predicted molar refractivity (Wildman–Crippen MR) is 117 cm³/mol. The van der Waals surface area contributed by atoms with E-state index in [0.717, 1.165) is 47.7 Å². The Bertz CT molecular complexity index is 1100. The van der Waals surface area contributed by atoms with Crippen LogP contribution in [-0.2, 0) is 11.3 Å². The average molecular weight is 402 g/mol. The predicted octanol–water partition coefficient (Wildman–Crippen LogP) is 4.27. The summed E-state index contributed by atoms with van der Waals surface area (Å²) >= 11 is 0. The molecule has 1 aliphatic carbocycles. The molecule has 30 heavy (non-hydrogen) atoms. The lowest BCUT2D eigenvalue weighted by molar-refractivity contribution is -0.125. The summed E-state index contributed by atoms with van der Waals surface area (Å²) in [5, 5.41) is 3.82. The van der Waals surface area contributed by atoms with Gasteiger partial charge in [-0.15, -0.1) is 0 Å². The quantitative estimate of drug-likeness (QED) is 0.710. The van der Waals surface area contributed by atoms with Crippen molar-refractivity contribution in [3.8, 4) is 0 Å². The maximum absolute atomic E-state index is 13.8. The minimum atomic E-state index is -0.553. The van der Waals surface area contributed by atoms with Crippen LogP contribution in [0.4, 0.5) is 0 Å². The van der Waals surface area contributed by atoms with Crippen molar-refractivity contribution in [3.05, 3.63) is 71.4 Å². The number of benzene rings is 2. The van der Waals surface area contributed by atoms with Gasteiger partial charge in [-0.25, -0.2) is 0 Å². The molecule has 1 saturated carbocycles. The highest BCUT2D eigenvalue weighted by molar-refractivity contribution is 6.10.